The van der Waals surface area contributed by atoms with Crippen LogP contribution in [0.2, 0.25) is 0 Å². The van der Waals surface area contributed by atoms with Crippen LogP contribution < -0.4 is 0 Å². The summed E-state index contributed by atoms with van der Waals surface area (Å²) in [5.41, 5.74) is -0.0108. The number of ketones is 2. The van der Waals surface area contributed by atoms with Crippen LogP contribution in [-0.4, -0.2) is 11.6 Å². The van der Waals surface area contributed by atoms with Crippen LogP contribution in [0.1, 0.15) is 29.6 Å². The van der Waals surface area contributed by atoms with Crippen LogP contribution in [0.5, 0.6) is 0 Å². The number of carbonyl (C=O) groups is 2. The van der Waals surface area contributed by atoms with Crippen LogP contribution in [0, 0.1) is 11.7 Å². The van der Waals surface area contributed by atoms with Gasteiger partial charge in [0.25, 0.3) is 0 Å². The van der Waals surface area contributed by atoms with Gasteiger partial charge in [0.15, 0.2) is 5.78 Å². The van der Waals surface area contributed by atoms with Gasteiger partial charge in [-0.05, 0) is 31.0 Å². The summed E-state index contributed by atoms with van der Waals surface area (Å²) >= 11 is 3.17. The molecule has 0 atom stereocenters. The lowest BCUT2D eigenvalue weighted by atomic mass is 10.0. The molecular formula is C12H10BrFO2. The number of hydrogen-bond acceptors (Lipinski definition) is 2. The van der Waals surface area contributed by atoms with Crippen LogP contribution in [-0.2, 0) is 4.79 Å². The summed E-state index contributed by atoms with van der Waals surface area (Å²) in [6, 6.07) is 4.16. The van der Waals surface area contributed by atoms with Crippen LogP contribution in [0.3, 0.4) is 0 Å². The minimum atomic E-state index is -0.572. The Hall–Kier alpha value is -1.03. The second-order valence-electron chi connectivity index (χ2n) is 3.96. The predicted octanol–water partition coefficient (Wildman–Crippen LogP) is 3.14. The zero-order valence-electron chi connectivity index (χ0n) is 8.50. The Morgan fingerprint density at radius 1 is 1.38 bits per heavy atom. The highest BCUT2D eigenvalue weighted by Crippen LogP contribution is 2.31. The Morgan fingerprint density at radius 3 is 2.69 bits per heavy atom. The molecule has 16 heavy (non-hydrogen) atoms. The molecule has 2 nitrogen and oxygen atoms in total. The largest absolute Gasteiger partial charge is 0.299 e. The molecule has 0 unspecified atom stereocenters. The van der Waals surface area contributed by atoms with E-state index in [2.05, 4.69) is 15.9 Å². The van der Waals surface area contributed by atoms with E-state index in [0.29, 0.717) is 4.47 Å². The number of Topliss-reactive ketones (excluding diaryl/α,β-unsaturated/α-hetero) is 2. The van der Waals surface area contributed by atoms with Crippen LogP contribution in [0.4, 0.5) is 4.39 Å². The third kappa shape index (κ3) is 2.55. The molecule has 0 N–H and O–H groups in total. The fourth-order valence-electron chi connectivity index (χ4n) is 1.51. The van der Waals surface area contributed by atoms with Crippen molar-refractivity contribution >= 4 is 27.5 Å². The number of halogens is 2. The second-order valence-corrected chi connectivity index (χ2v) is 4.88. The van der Waals surface area contributed by atoms with E-state index in [-0.39, 0.29) is 23.7 Å². The lowest BCUT2D eigenvalue weighted by Crippen LogP contribution is -2.11. The van der Waals surface area contributed by atoms with Gasteiger partial charge in [0.1, 0.15) is 11.6 Å². The zero-order chi connectivity index (χ0) is 11.7. The fourth-order valence-corrected chi connectivity index (χ4v) is 1.88. The fraction of sp³-hybridized carbons (Fsp3) is 0.333. The first-order valence-electron chi connectivity index (χ1n) is 5.09. The van der Waals surface area contributed by atoms with E-state index >= 15 is 0 Å². The van der Waals surface area contributed by atoms with Gasteiger partial charge < -0.3 is 0 Å². The molecule has 1 aliphatic carbocycles. The van der Waals surface area contributed by atoms with E-state index in [0.717, 1.165) is 12.8 Å². The quantitative estimate of drug-likeness (QED) is 0.629. The molecule has 0 spiro atoms. The standard InChI is InChI=1S/C12H10BrFO2/c13-8-3-4-10(14)9(5-8)12(16)6-11(15)7-1-2-7/h3-5,7H,1-2,6H2. The summed E-state index contributed by atoms with van der Waals surface area (Å²) in [5.74, 6) is -1.03. The molecular weight excluding hydrogens is 275 g/mol. The van der Waals surface area contributed by atoms with E-state index in [1.807, 2.05) is 0 Å². The minimum Gasteiger partial charge on any atom is -0.299 e. The maximum Gasteiger partial charge on any atom is 0.173 e. The summed E-state index contributed by atoms with van der Waals surface area (Å²) in [6.45, 7) is 0. The molecule has 0 saturated heterocycles. The van der Waals surface area contributed by atoms with Crippen molar-refractivity contribution in [1.82, 2.24) is 0 Å². The molecule has 0 amide bonds. The molecule has 2 rings (SSSR count). The van der Waals surface area contributed by atoms with Crippen molar-refractivity contribution in [3.8, 4) is 0 Å². The number of rotatable bonds is 4. The van der Waals surface area contributed by atoms with Gasteiger partial charge >= 0.3 is 0 Å². The summed E-state index contributed by atoms with van der Waals surface area (Å²) in [6.07, 6.45) is 1.55. The Labute approximate surface area is 101 Å². The van der Waals surface area contributed by atoms with Crippen LogP contribution >= 0.6 is 15.9 Å². The first-order valence-corrected chi connectivity index (χ1v) is 5.88. The van der Waals surface area contributed by atoms with Crippen molar-refractivity contribution in [1.29, 1.82) is 0 Å². The van der Waals surface area contributed by atoms with Crippen molar-refractivity contribution in [2.24, 2.45) is 5.92 Å². The SMILES string of the molecule is O=C(CC(=O)C1CC1)c1cc(Br)ccc1F. The predicted molar refractivity (Wildman–Crippen MR) is 60.8 cm³/mol. The van der Waals surface area contributed by atoms with Crippen molar-refractivity contribution in [3.63, 3.8) is 0 Å². The smallest absolute Gasteiger partial charge is 0.173 e. The topological polar surface area (TPSA) is 34.1 Å². The average molecular weight is 285 g/mol. The van der Waals surface area contributed by atoms with Crippen LogP contribution in [0.15, 0.2) is 22.7 Å². The molecule has 1 fully saturated rings. The summed E-state index contributed by atoms with van der Waals surface area (Å²) in [7, 11) is 0. The van der Waals surface area contributed by atoms with Gasteiger partial charge in [-0.15, -0.1) is 0 Å². The molecule has 1 aromatic carbocycles. The van der Waals surface area contributed by atoms with Crippen molar-refractivity contribution in [3.05, 3.63) is 34.1 Å². The highest BCUT2D eigenvalue weighted by atomic mass is 79.9. The molecule has 0 aromatic heterocycles. The third-order valence-electron chi connectivity index (χ3n) is 2.60. The first kappa shape index (κ1) is 11.5. The number of hydrogen-bond donors (Lipinski definition) is 0. The number of benzene rings is 1. The molecule has 84 valence electrons. The normalized spacial score (nSPS) is 14.9. The molecule has 4 heteroatoms. The second kappa shape index (κ2) is 4.45. The van der Waals surface area contributed by atoms with Crippen molar-refractivity contribution < 1.29 is 14.0 Å². The molecule has 1 aliphatic rings. The lowest BCUT2D eigenvalue weighted by Gasteiger charge is -2.02. The van der Waals surface area contributed by atoms with Gasteiger partial charge in [-0.25, -0.2) is 4.39 Å². The molecule has 1 saturated carbocycles. The monoisotopic (exact) mass is 284 g/mol. The summed E-state index contributed by atoms with van der Waals surface area (Å²) in [4.78, 5) is 23.1. The minimum absolute atomic E-state index is 0.0108. The highest BCUT2D eigenvalue weighted by Gasteiger charge is 2.31. The Morgan fingerprint density at radius 2 is 2.06 bits per heavy atom. The van der Waals surface area contributed by atoms with Gasteiger partial charge in [-0.1, -0.05) is 15.9 Å². The average Bonchev–Trinajstić information content (AvgIpc) is 3.04. The van der Waals surface area contributed by atoms with E-state index in [1.165, 1.54) is 18.2 Å². The van der Waals surface area contributed by atoms with Crippen LogP contribution in [0.25, 0.3) is 0 Å². The van der Waals surface area contributed by atoms with Gasteiger partial charge in [0.2, 0.25) is 0 Å². The summed E-state index contributed by atoms with van der Waals surface area (Å²) in [5, 5.41) is 0. The molecule has 0 aliphatic heterocycles. The lowest BCUT2D eigenvalue weighted by molar-refractivity contribution is -0.119. The molecule has 0 radical (unpaired) electrons. The van der Waals surface area contributed by atoms with Gasteiger partial charge in [0, 0.05) is 10.4 Å². The summed E-state index contributed by atoms with van der Waals surface area (Å²) < 4.78 is 14.0. The first-order chi connectivity index (χ1) is 7.58. The van der Waals surface area contributed by atoms with E-state index < -0.39 is 11.6 Å². The van der Waals surface area contributed by atoms with Crippen molar-refractivity contribution in [2.75, 3.05) is 0 Å². The van der Waals surface area contributed by atoms with E-state index in [9.17, 15) is 14.0 Å². The van der Waals surface area contributed by atoms with E-state index in [1.54, 1.807) is 0 Å². The maximum atomic E-state index is 13.3. The van der Waals surface area contributed by atoms with E-state index in [4.69, 9.17) is 0 Å². The number of carbonyl (C=O) groups excluding carboxylic acids is 2. The highest BCUT2D eigenvalue weighted by molar-refractivity contribution is 9.10. The maximum absolute atomic E-state index is 13.3. The Kier molecular flexibility index (Phi) is 3.19. The molecule has 0 bridgehead atoms. The van der Waals surface area contributed by atoms with Gasteiger partial charge in [0.05, 0.1) is 12.0 Å². The van der Waals surface area contributed by atoms with Gasteiger partial charge in [-0.3, -0.25) is 9.59 Å². The third-order valence-corrected chi connectivity index (χ3v) is 3.09. The van der Waals surface area contributed by atoms with Gasteiger partial charge in [-0.2, -0.15) is 0 Å². The Bertz CT molecular complexity index is 452. The van der Waals surface area contributed by atoms with Crippen molar-refractivity contribution in [2.45, 2.75) is 19.3 Å². The molecule has 0 heterocycles. The molecule has 1 aromatic rings. The Balaban J connectivity index is 2.13. The zero-order valence-corrected chi connectivity index (χ0v) is 10.1.